The molecule has 132 valence electrons. The van der Waals surface area contributed by atoms with Crippen molar-refractivity contribution in [2.75, 3.05) is 18.9 Å². The van der Waals surface area contributed by atoms with Gasteiger partial charge < -0.3 is 4.52 Å². The molecule has 7 heteroatoms. The number of nitrogens with one attached hydrogen (secondary N) is 1. The van der Waals surface area contributed by atoms with Crippen LogP contribution in [0.4, 0.5) is 5.88 Å². The van der Waals surface area contributed by atoms with Gasteiger partial charge in [-0.2, -0.15) is 0 Å². The maximum absolute atomic E-state index is 12.2. The second-order valence-corrected chi connectivity index (χ2v) is 8.24. The zero-order chi connectivity index (χ0) is 18.0. The molecule has 0 bridgehead atoms. The van der Waals surface area contributed by atoms with E-state index in [1.54, 1.807) is 17.4 Å². The summed E-state index contributed by atoms with van der Waals surface area (Å²) in [7, 11) is 1.90. The van der Waals surface area contributed by atoms with Gasteiger partial charge in [0.05, 0.1) is 29.0 Å². The van der Waals surface area contributed by atoms with Gasteiger partial charge in [-0.1, -0.05) is 38.1 Å². The first-order valence-electron chi connectivity index (χ1n) is 8.11. The van der Waals surface area contributed by atoms with Crippen molar-refractivity contribution in [2.24, 2.45) is 0 Å². The van der Waals surface area contributed by atoms with E-state index < -0.39 is 0 Å². The van der Waals surface area contributed by atoms with Crippen LogP contribution in [0.25, 0.3) is 10.2 Å². The summed E-state index contributed by atoms with van der Waals surface area (Å²) in [6.45, 7) is 7.00. The number of likely N-dealkylation sites (N-methyl/N-ethyl adjacent to an activating group) is 1. The van der Waals surface area contributed by atoms with Crippen LogP contribution in [0, 0.1) is 0 Å². The van der Waals surface area contributed by atoms with E-state index in [9.17, 15) is 4.79 Å². The van der Waals surface area contributed by atoms with Gasteiger partial charge in [0.25, 0.3) is 0 Å². The van der Waals surface area contributed by atoms with Gasteiger partial charge in [-0.25, -0.2) is 4.98 Å². The summed E-state index contributed by atoms with van der Waals surface area (Å²) >= 11 is 1.65. The normalized spacial score (nSPS) is 12.0. The van der Waals surface area contributed by atoms with E-state index in [-0.39, 0.29) is 17.9 Å². The van der Waals surface area contributed by atoms with Gasteiger partial charge in [-0.05, 0) is 19.2 Å². The molecule has 1 aromatic carbocycles. The molecular weight excluding hydrogens is 336 g/mol. The highest BCUT2D eigenvalue weighted by Crippen LogP contribution is 2.24. The van der Waals surface area contributed by atoms with Crippen LogP contribution in [-0.4, -0.2) is 34.5 Å². The second kappa shape index (κ2) is 6.93. The van der Waals surface area contributed by atoms with E-state index in [2.05, 4.69) is 21.5 Å². The first-order chi connectivity index (χ1) is 11.8. The number of aromatic nitrogens is 2. The van der Waals surface area contributed by atoms with E-state index in [0.29, 0.717) is 12.4 Å². The van der Waals surface area contributed by atoms with Crippen LogP contribution in [0.15, 0.2) is 34.9 Å². The van der Waals surface area contributed by atoms with Crippen LogP contribution in [-0.2, 0) is 16.8 Å². The van der Waals surface area contributed by atoms with Crippen molar-refractivity contribution in [1.82, 2.24) is 15.0 Å². The molecule has 0 spiro atoms. The predicted octanol–water partition coefficient (Wildman–Crippen LogP) is 3.65. The molecule has 0 saturated heterocycles. The number of nitrogens with zero attached hydrogens (tertiary/aromatic N) is 3. The predicted molar refractivity (Wildman–Crippen MR) is 99.8 cm³/mol. The topological polar surface area (TPSA) is 71.3 Å². The molecule has 0 saturated carbocycles. The smallest absolute Gasteiger partial charge is 0.240 e. The molecule has 0 radical (unpaired) electrons. The second-order valence-electron chi connectivity index (χ2n) is 7.12. The maximum atomic E-state index is 12.2. The standard InChI is InChI=1S/C18H22N4O2S/c1-18(2,3)14-9-16(24-21-14)20-15(23)10-22(4)11-17-19-12-7-5-6-8-13(12)25-17/h5-9H,10-11H2,1-4H3,(H,20,23). The number of fused-ring (bicyclic) bond motifs is 1. The van der Waals surface area contributed by atoms with E-state index in [4.69, 9.17) is 4.52 Å². The van der Waals surface area contributed by atoms with Crippen LogP contribution in [0.1, 0.15) is 31.5 Å². The first kappa shape index (κ1) is 17.6. The average Bonchev–Trinajstić information content (AvgIpc) is 3.12. The van der Waals surface area contributed by atoms with Crippen molar-refractivity contribution >= 4 is 33.3 Å². The van der Waals surface area contributed by atoms with Gasteiger partial charge in [0.2, 0.25) is 11.8 Å². The molecule has 0 atom stereocenters. The molecule has 2 aromatic heterocycles. The maximum Gasteiger partial charge on any atom is 0.240 e. The van der Waals surface area contributed by atoms with Crippen molar-refractivity contribution < 1.29 is 9.32 Å². The summed E-state index contributed by atoms with van der Waals surface area (Å²) in [4.78, 5) is 18.7. The van der Waals surface area contributed by atoms with Crippen molar-refractivity contribution in [3.8, 4) is 0 Å². The Hall–Kier alpha value is -2.25. The third-order valence-electron chi connectivity index (χ3n) is 3.70. The Kier molecular flexibility index (Phi) is 4.87. The van der Waals surface area contributed by atoms with Gasteiger partial charge in [-0.3, -0.25) is 15.0 Å². The van der Waals surface area contributed by atoms with E-state index in [0.717, 1.165) is 20.9 Å². The first-order valence-corrected chi connectivity index (χ1v) is 8.93. The molecule has 1 amide bonds. The van der Waals surface area contributed by atoms with Crippen LogP contribution in [0.2, 0.25) is 0 Å². The number of para-hydroxylation sites is 1. The minimum atomic E-state index is -0.139. The lowest BCUT2D eigenvalue weighted by Gasteiger charge is -2.14. The fraction of sp³-hybridized carbons (Fsp3) is 0.389. The fourth-order valence-electron chi connectivity index (χ4n) is 2.38. The zero-order valence-corrected chi connectivity index (χ0v) is 15.7. The Bertz CT molecular complexity index is 845. The van der Waals surface area contributed by atoms with Crippen LogP contribution in [0.3, 0.4) is 0 Å². The molecule has 3 rings (SSSR count). The molecule has 1 N–H and O–H groups in total. The number of benzene rings is 1. The summed E-state index contributed by atoms with van der Waals surface area (Å²) < 4.78 is 6.35. The average molecular weight is 358 g/mol. The molecule has 0 aliphatic rings. The highest BCUT2D eigenvalue weighted by atomic mass is 32.1. The van der Waals surface area contributed by atoms with Gasteiger partial charge in [0.1, 0.15) is 5.01 Å². The van der Waals surface area contributed by atoms with Crippen molar-refractivity contribution in [3.63, 3.8) is 0 Å². The fourth-order valence-corrected chi connectivity index (χ4v) is 3.43. The summed E-state index contributed by atoms with van der Waals surface area (Å²) in [6.07, 6.45) is 0. The number of rotatable bonds is 5. The van der Waals surface area contributed by atoms with E-state index in [1.807, 2.05) is 50.9 Å². The Morgan fingerprint density at radius 3 is 2.76 bits per heavy atom. The summed E-state index contributed by atoms with van der Waals surface area (Å²) in [5.41, 5.74) is 1.69. The third-order valence-corrected chi connectivity index (χ3v) is 4.72. The lowest BCUT2D eigenvalue weighted by Crippen LogP contribution is -2.29. The molecule has 3 aromatic rings. The van der Waals surface area contributed by atoms with Crippen molar-refractivity contribution in [2.45, 2.75) is 32.7 Å². The number of hydrogen-bond acceptors (Lipinski definition) is 6. The zero-order valence-electron chi connectivity index (χ0n) is 14.9. The SMILES string of the molecule is CN(CC(=O)Nc1cc(C(C)(C)C)no1)Cc1nc2ccccc2s1. The van der Waals surface area contributed by atoms with Crippen molar-refractivity contribution in [3.05, 3.63) is 41.0 Å². The summed E-state index contributed by atoms with van der Waals surface area (Å²) in [6, 6.07) is 9.81. The molecule has 2 heterocycles. The highest BCUT2D eigenvalue weighted by Gasteiger charge is 2.20. The highest BCUT2D eigenvalue weighted by molar-refractivity contribution is 7.18. The minimum absolute atomic E-state index is 0.115. The monoisotopic (exact) mass is 358 g/mol. The number of anilines is 1. The largest absolute Gasteiger partial charge is 0.338 e. The number of hydrogen-bond donors (Lipinski definition) is 1. The summed E-state index contributed by atoms with van der Waals surface area (Å²) in [5, 5.41) is 7.74. The van der Waals surface area contributed by atoms with Crippen molar-refractivity contribution in [1.29, 1.82) is 0 Å². The lowest BCUT2D eigenvalue weighted by atomic mass is 9.92. The molecule has 0 unspecified atom stereocenters. The third kappa shape index (κ3) is 4.43. The van der Waals surface area contributed by atoms with Crippen LogP contribution < -0.4 is 5.32 Å². The van der Waals surface area contributed by atoms with Gasteiger partial charge in [-0.15, -0.1) is 11.3 Å². The Balaban J connectivity index is 1.56. The molecule has 25 heavy (non-hydrogen) atoms. The van der Waals surface area contributed by atoms with E-state index >= 15 is 0 Å². The number of carbonyl (C=O) groups excluding carboxylic acids is 1. The van der Waals surface area contributed by atoms with Crippen LogP contribution >= 0.6 is 11.3 Å². The van der Waals surface area contributed by atoms with Gasteiger partial charge >= 0.3 is 0 Å². The minimum Gasteiger partial charge on any atom is -0.338 e. The number of amides is 1. The molecule has 0 fully saturated rings. The Morgan fingerprint density at radius 1 is 1.32 bits per heavy atom. The Labute approximate surface area is 150 Å². The molecule has 6 nitrogen and oxygen atoms in total. The van der Waals surface area contributed by atoms with Gasteiger partial charge in [0, 0.05) is 11.5 Å². The quantitative estimate of drug-likeness (QED) is 0.754. The lowest BCUT2D eigenvalue weighted by molar-refractivity contribution is -0.117. The van der Waals surface area contributed by atoms with Gasteiger partial charge in [0.15, 0.2) is 0 Å². The number of carbonyl (C=O) groups is 1. The van der Waals surface area contributed by atoms with Crippen LogP contribution in [0.5, 0.6) is 0 Å². The summed E-state index contributed by atoms with van der Waals surface area (Å²) in [5.74, 6) is 0.239. The number of thiazole rings is 1. The molecule has 0 aliphatic carbocycles. The Morgan fingerprint density at radius 2 is 2.08 bits per heavy atom. The molecule has 0 aliphatic heterocycles. The van der Waals surface area contributed by atoms with E-state index in [1.165, 1.54) is 0 Å². The molecular formula is C18H22N4O2S.